The van der Waals surface area contributed by atoms with E-state index >= 15 is 0 Å². The van der Waals surface area contributed by atoms with Crippen LogP contribution in [-0.4, -0.2) is 31.1 Å². The highest BCUT2D eigenvalue weighted by atomic mass is 127. The molecule has 0 bridgehead atoms. The van der Waals surface area contributed by atoms with Crippen molar-refractivity contribution in [2.75, 3.05) is 20.2 Å². The summed E-state index contributed by atoms with van der Waals surface area (Å²) in [5.74, 6) is 2.28. The Morgan fingerprint density at radius 3 is 2.47 bits per heavy atom. The number of aliphatic imine (C=N–C) groups is 1. The number of ether oxygens (including phenoxy) is 1. The van der Waals surface area contributed by atoms with Crippen molar-refractivity contribution in [1.29, 1.82) is 0 Å². The Labute approximate surface area is 195 Å². The summed E-state index contributed by atoms with van der Waals surface area (Å²) in [6.07, 6.45) is 2.47. The predicted molar refractivity (Wildman–Crippen MR) is 132 cm³/mol. The van der Waals surface area contributed by atoms with Crippen LogP contribution in [-0.2, 0) is 13.0 Å². The highest BCUT2D eigenvalue weighted by molar-refractivity contribution is 14.0. The molecule has 0 aliphatic heterocycles. The minimum atomic E-state index is 0. The Morgan fingerprint density at radius 1 is 1.07 bits per heavy atom. The zero-order chi connectivity index (χ0) is 20.5. The van der Waals surface area contributed by atoms with Crippen molar-refractivity contribution >= 4 is 29.9 Å². The maximum Gasteiger partial charge on any atom is 0.226 e. The van der Waals surface area contributed by atoms with Gasteiger partial charge in [0.05, 0.1) is 19.3 Å². The molecule has 2 aromatic carbocycles. The summed E-state index contributed by atoms with van der Waals surface area (Å²) in [5, 5.41) is 6.62. The second kappa shape index (κ2) is 12.2. The van der Waals surface area contributed by atoms with Gasteiger partial charge in [-0.2, -0.15) is 0 Å². The minimum Gasteiger partial charge on any atom is -0.497 e. The molecule has 0 spiro atoms. The van der Waals surface area contributed by atoms with Crippen LogP contribution in [0.25, 0.3) is 11.5 Å². The molecule has 2 N–H and O–H groups in total. The first kappa shape index (κ1) is 23.7. The van der Waals surface area contributed by atoms with E-state index in [0.29, 0.717) is 19.0 Å². The number of methoxy groups -OCH3 is 1. The number of hydrogen-bond acceptors (Lipinski definition) is 4. The van der Waals surface area contributed by atoms with E-state index in [-0.39, 0.29) is 24.0 Å². The first-order valence-corrected chi connectivity index (χ1v) is 9.84. The van der Waals surface area contributed by atoms with E-state index < -0.39 is 0 Å². The number of oxazole rings is 1. The van der Waals surface area contributed by atoms with Crippen molar-refractivity contribution in [2.24, 2.45) is 4.99 Å². The molecule has 3 rings (SSSR count). The molecule has 0 aliphatic rings. The van der Waals surface area contributed by atoms with Crippen molar-refractivity contribution in [1.82, 2.24) is 15.6 Å². The lowest BCUT2D eigenvalue weighted by Crippen LogP contribution is -2.38. The number of benzene rings is 2. The summed E-state index contributed by atoms with van der Waals surface area (Å²) in [6.45, 7) is 6.23. The van der Waals surface area contributed by atoms with Gasteiger partial charge in [-0.25, -0.2) is 9.98 Å². The summed E-state index contributed by atoms with van der Waals surface area (Å²) in [5.41, 5.74) is 4.25. The maximum atomic E-state index is 5.62. The molecule has 7 heteroatoms. The molecule has 0 atom stereocenters. The molecule has 0 saturated heterocycles. The number of nitrogens with zero attached hydrogens (tertiary/aromatic N) is 2. The van der Waals surface area contributed by atoms with Gasteiger partial charge in [0.25, 0.3) is 0 Å². The van der Waals surface area contributed by atoms with Crippen molar-refractivity contribution < 1.29 is 9.15 Å². The molecule has 6 nitrogen and oxygen atoms in total. The van der Waals surface area contributed by atoms with Gasteiger partial charge in [-0.1, -0.05) is 29.8 Å². The van der Waals surface area contributed by atoms with Crippen molar-refractivity contribution in [3.63, 3.8) is 0 Å². The number of nitrogens with one attached hydrogen (secondary N) is 2. The van der Waals surface area contributed by atoms with E-state index in [2.05, 4.69) is 46.6 Å². The molecule has 30 heavy (non-hydrogen) atoms. The Hall–Kier alpha value is -2.55. The Kier molecular flexibility index (Phi) is 9.66. The van der Waals surface area contributed by atoms with Crippen LogP contribution >= 0.6 is 24.0 Å². The van der Waals surface area contributed by atoms with E-state index in [0.717, 1.165) is 41.5 Å². The fraction of sp³-hybridized carbons (Fsp3) is 0.304. The summed E-state index contributed by atoms with van der Waals surface area (Å²) in [7, 11) is 1.67. The molecular formula is C23H29IN4O2. The lowest BCUT2D eigenvalue weighted by atomic mass is 10.1. The molecule has 1 heterocycles. The SMILES string of the molecule is CCNC(=NCc1ccc(OC)cc1)NCCc1coc(-c2ccc(C)cc2)n1.I. The van der Waals surface area contributed by atoms with E-state index in [1.54, 1.807) is 13.4 Å². The first-order chi connectivity index (χ1) is 14.2. The molecule has 160 valence electrons. The van der Waals surface area contributed by atoms with E-state index in [1.807, 2.05) is 36.4 Å². The zero-order valence-corrected chi connectivity index (χ0v) is 20.0. The van der Waals surface area contributed by atoms with Gasteiger partial charge >= 0.3 is 0 Å². The van der Waals surface area contributed by atoms with Gasteiger partial charge in [0, 0.05) is 25.1 Å². The van der Waals surface area contributed by atoms with Crippen molar-refractivity contribution in [3.8, 4) is 17.2 Å². The van der Waals surface area contributed by atoms with Crippen LogP contribution in [0.1, 0.15) is 23.7 Å². The molecule has 1 aromatic heterocycles. The third kappa shape index (κ3) is 7.05. The van der Waals surface area contributed by atoms with Crippen LogP contribution in [0.15, 0.2) is 64.2 Å². The molecule has 0 radical (unpaired) electrons. The average Bonchev–Trinajstić information content (AvgIpc) is 3.22. The predicted octanol–water partition coefficient (Wildman–Crippen LogP) is 4.57. The highest BCUT2D eigenvalue weighted by Crippen LogP contribution is 2.19. The van der Waals surface area contributed by atoms with Gasteiger partial charge in [0.1, 0.15) is 12.0 Å². The van der Waals surface area contributed by atoms with Gasteiger partial charge in [-0.15, -0.1) is 24.0 Å². The van der Waals surface area contributed by atoms with Crippen LogP contribution in [0.3, 0.4) is 0 Å². The molecule has 0 amide bonds. The largest absolute Gasteiger partial charge is 0.497 e. The number of aromatic nitrogens is 1. The van der Waals surface area contributed by atoms with Crippen molar-refractivity contribution in [2.45, 2.75) is 26.8 Å². The van der Waals surface area contributed by atoms with E-state index in [9.17, 15) is 0 Å². The third-order valence-electron chi connectivity index (χ3n) is 4.45. The Morgan fingerprint density at radius 2 is 1.80 bits per heavy atom. The topological polar surface area (TPSA) is 71.7 Å². The number of halogens is 1. The monoisotopic (exact) mass is 520 g/mol. The molecule has 3 aromatic rings. The van der Waals surface area contributed by atoms with Gasteiger partial charge < -0.3 is 19.8 Å². The average molecular weight is 520 g/mol. The fourth-order valence-electron chi connectivity index (χ4n) is 2.80. The second-order valence-corrected chi connectivity index (χ2v) is 6.73. The summed E-state index contributed by atoms with van der Waals surface area (Å²) >= 11 is 0. The molecule has 0 unspecified atom stereocenters. The molecule has 0 fully saturated rings. The number of rotatable bonds is 8. The van der Waals surface area contributed by atoms with Gasteiger partial charge in [-0.05, 0) is 43.7 Å². The van der Waals surface area contributed by atoms with Gasteiger partial charge in [-0.3, -0.25) is 0 Å². The van der Waals surface area contributed by atoms with Gasteiger partial charge in [0.15, 0.2) is 5.96 Å². The van der Waals surface area contributed by atoms with Crippen LogP contribution in [0.4, 0.5) is 0 Å². The first-order valence-electron chi connectivity index (χ1n) is 9.84. The number of hydrogen-bond donors (Lipinski definition) is 2. The molecule has 0 aliphatic carbocycles. The fourth-order valence-corrected chi connectivity index (χ4v) is 2.80. The molecule has 0 saturated carbocycles. The van der Waals surface area contributed by atoms with Crippen LogP contribution in [0.2, 0.25) is 0 Å². The van der Waals surface area contributed by atoms with Crippen LogP contribution < -0.4 is 15.4 Å². The zero-order valence-electron chi connectivity index (χ0n) is 17.6. The van der Waals surface area contributed by atoms with Gasteiger partial charge in [0.2, 0.25) is 5.89 Å². The number of aryl methyl sites for hydroxylation is 1. The van der Waals surface area contributed by atoms with Crippen LogP contribution in [0, 0.1) is 6.92 Å². The summed E-state index contributed by atoms with van der Waals surface area (Å²) < 4.78 is 10.8. The highest BCUT2D eigenvalue weighted by Gasteiger charge is 2.07. The van der Waals surface area contributed by atoms with E-state index in [4.69, 9.17) is 9.15 Å². The standard InChI is InChI=1S/C23H28N4O2.HI/c1-4-24-23(26-15-18-7-11-21(28-3)12-8-18)25-14-13-20-16-29-22(27-20)19-9-5-17(2)6-10-19;/h5-12,16H,4,13-15H2,1-3H3,(H2,24,25,26);1H. The quantitative estimate of drug-likeness (QED) is 0.259. The second-order valence-electron chi connectivity index (χ2n) is 6.73. The minimum absolute atomic E-state index is 0. The third-order valence-corrected chi connectivity index (χ3v) is 4.45. The lowest BCUT2D eigenvalue weighted by molar-refractivity contribution is 0.414. The van der Waals surface area contributed by atoms with Crippen molar-refractivity contribution in [3.05, 3.63) is 71.6 Å². The molecular weight excluding hydrogens is 491 g/mol. The number of guanidine groups is 1. The van der Waals surface area contributed by atoms with E-state index in [1.165, 1.54) is 5.56 Å². The summed E-state index contributed by atoms with van der Waals surface area (Å²) in [4.78, 5) is 9.23. The lowest BCUT2D eigenvalue weighted by Gasteiger charge is -2.10. The normalized spacial score (nSPS) is 11.0. The van der Waals surface area contributed by atoms with Crippen LogP contribution in [0.5, 0.6) is 5.75 Å². The smallest absolute Gasteiger partial charge is 0.226 e. The maximum absolute atomic E-state index is 5.62. The Bertz CT molecular complexity index is 921. The Balaban J connectivity index is 0.00000320. The summed E-state index contributed by atoms with van der Waals surface area (Å²) in [6, 6.07) is 16.1.